The predicted octanol–water partition coefficient (Wildman–Crippen LogP) is 1.28. The zero-order chi connectivity index (χ0) is 12.4. The van der Waals surface area contributed by atoms with Crippen molar-refractivity contribution in [3.05, 3.63) is 46.4 Å². The average Bonchev–Trinajstić information content (AvgIpc) is 2.58. The molecule has 1 heterocycles. The Bertz CT molecular complexity index is 600. The van der Waals surface area contributed by atoms with Gasteiger partial charge in [0.1, 0.15) is 11.5 Å². The largest absolute Gasteiger partial charge is 0.383 e. The molecule has 2 aromatic rings. The summed E-state index contributed by atoms with van der Waals surface area (Å²) in [4.78, 5) is 13.8. The lowest BCUT2D eigenvalue weighted by Gasteiger charge is -2.05. The number of carbonyl (C=O) groups excluding carboxylic acids is 1. The Kier molecular flexibility index (Phi) is 2.97. The van der Waals surface area contributed by atoms with Gasteiger partial charge in [-0.2, -0.15) is 0 Å². The second kappa shape index (κ2) is 4.42. The van der Waals surface area contributed by atoms with E-state index in [2.05, 4.69) is 4.98 Å². The third-order valence-corrected chi connectivity index (χ3v) is 2.78. The number of benzene rings is 1. The summed E-state index contributed by atoms with van der Waals surface area (Å²) in [5.41, 5.74) is 12.2. The minimum absolute atomic E-state index is 0.158. The second-order valence-corrected chi connectivity index (χ2v) is 4.01. The van der Waals surface area contributed by atoms with E-state index in [4.69, 9.17) is 23.7 Å². The van der Waals surface area contributed by atoms with Crippen LogP contribution in [-0.4, -0.2) is 15.5 Å². The standard InChI is InChI=1S/C11H12N4OS/c12-9-8(10(13)16)14-11(17)15(9)6-7-4-2-1-3-5-7/h1-5H,6,12H2,(H2,13,16)(H,14,17). The predicted molar refractivity (Wildman–Crippen MR) is 68.1 cm³/mol. The summed E-state index contributed by atoms with van der Waals surface area (Å²) in [6.45, 7) is 0.509. The van der Waals surface area contributed by atoms with Gasteiger partial charge in [0.2, 0.25) is 0 Å². The Morgan fingerprint density at radius 1 is 1.35 bits per heavy atom. The van der Waals surface area contributed by atoms with E-state index in [0.29, 0.717) is 11.3 Å². The Hall–Kier alpha value is -2.08. The number of H-pyrrole nitrogens is 1. The van der Waals surface area contributed by atoms with Crippen LogP contribution >= 0.6 is 12.2 Å². The monoisotopic (exact) mass is 248 g/mol. The molecular weight excluding hydrogens is 236 g/mol. The number of imidazole rings is 1. The summed E-state index contributed by atoms with van der Waals surface area (Å²) in [7, 11) is 0. The molecule has 1 aromatic heterocycles. The van der Waals surface area contributed by atoms with E-state index in [9.17, 15) is 4.79 Å². The molecule has 1 aromatic carbocycles. The van der Waals surface area contributed by atoms with Gasteiger partial charge in [0.25, 0.3) is 5.91 Å². The highest BCUT2D eigenvalue weighted by Crippen LogP contribution is 2.13. The number of rotatable bonds is 3. The van der Waals surface area contributed by atoms with E-state index in [1.165, 1.54) is 0 Å². The van der Waals surface area contributed by atoms with Gasteiger partial charge >= 0.3 is 0 Å². The molecular formula is C11H12N4OS. The van der Waals surface area contributed by atoms with Crippen LogP contribution < -0.4 is 11.5 Å². The third-order valence-electron chi connectivity index (χ3n) is 2.45. The van der Waals surface area contributed by atoms with Crippen molar-refractivity contribution in [2.45, 2.75) is 6.54 Å². The summed E-state index contributed by atoms with van der Waals surface area (Å²) < 4.78 is 2.03. The first kappa shape index (κ1) is 11.4. The molecule has 0 saturated heterocycles. The van der Waals surface area contributed by atoms with E-state index in [0.717, 1.165) is 5.56 Å². The lowest BCUT2D eigenvalue weighted by Crippen LogP contribution is -2.14. The maximum Gasteiger partial charge on any atom is 0.268 e. The van der Waals surface area contributed by atoms with Gasteiger partial charge < -0.3 is 16.5 Å². The number of anilines is 1. The van der Waals surface area contributed by atoms with Crippen LogP contribution in [0.1, 0.15) is 16.1 Å². The van der Waals surface area contributed by atoms with Gasteiger partial charge in [-0.1, -0.05) is 30.3 Å². The van der Waals surface area contributed by atoms with E-state index in [-0.39, 0.29) is 11.5 Å². The van der Waals surface area contributed by atoms with Crippen LogP contribution in [0.2, 0.25) is 0 Å². The minimum Gasteiger partial charge on any atom is -0.383 e. The van der Waals surface area contributed by atoms with Crippen molar-refractivity contribution in [3.8, 4) is 0 Å². The fraction of sp³-hybridized carbons (Fsp3) is 0.0909. The van der Waals surface area contributed by atoms with Crippen molar-refractivity contribution in [1.82, 2.24) is 9.55 Å². The second-order valence-electron chi connectivity index (χ2n) is 3.63. The average molecular weight is 248 g/mol. The number of aromatic amines is 1. The fourth-order valence-corrected chi connectivity index (χ4v) is 1.86. The Morgan fingerprint density at radius 3 is 2.53 bits per heavy atom. The topological polar surface area (TPSA) is 89.8 Å². The van der Waals surface area contributed by atoms with Gasteiger partial charge in [-0.15, -0.1) is 0 Å². The van der Waals surface area contributed by atoms with Gasteiger partial charge in [0.05, 0.1) is 6.54 Å². The Labute approximate surface area is 103 Å². The molecule has 5 N–H and O–H groups in total. The van der Waals surface area contributed by atoms with E-state index >= 15 is 0 Å². The Balaban J connectivity index is 2.41. The van der Waals surface area contributed by atoms with Crippen molar-refractivity contribution in [2.75, 3.05) is 5.73 Å². The number of nitrogens with zero attached hydrogens (tertiary/aromatic N) is 1. The summed E-state index contributed by atoms with van der Waals surface area (Å²) in [6.07, 6.45) is 0. The third kappa shape index (κ3) is 2.21. The van der Waals surface area contributed by atoms with Crippen LogP contribution in [-0.2, 0) is 6.54 Å². The molecule has 5 nitrogen and oxygen atoms in total. The maximum atomic E-state index is 11.1. The van der Waals surface area contributed by atoms with Crippen molar-refractivity contribution < 1.29 is 4.79 Å². The molecule has 0 saturated carbocycles. The number of amides is 1. The molecule has 6 heteroatoms. The summed E-state index contributed by atoms with van der Waals surface area (Å²) >= 11 is 5.10. The van der Waals surface area contributed by atoms with Crippen LogP contribution in [0.5, 0.6) is 0 Å². The molecule has 0 radical (unpaired) electrons. The summed E-state index contributed by atoms with van der Waals surface area (Å²) in [6, 6.07) is 9.70. The van der Waals surface area contributed by atoms with Crippen molar-refractivity contribution in [3.63, 3.8) is 0 Å². The zero-order valence-corrected chi connectivity index (χ0v) is 9.83. The van der Waals surface area contributed by atoms with E-state index in [1.54, 1.807) is 4.57 Å². The Morgan fingerprint density at radius 2 is 2.00 bits per heavy atom. The van der Waals surface area contributed by atoms with Gasteiger partial charge in [0.15, 0.2) is 4.77 Å². The number of aromatic nitrogens is 2. The number of hydrogen-bond acceptors (Lipinski definition) is 3. The number of hydrogen-bond donors (Lipinski definition) is 3. The van der Waals surface area contributed by atoms with Crippen LogP contribution in [0.3, 0.4) is 0 Å². The number of carbonyl (C=O) groups is 1. The summed E-state index contributed by atoms with van der Waals surface area (Å²) in [5.74, 6) is -0.341. The molecule has 0 unspecified atom stereocenters. The first-order valence-electron chi connectivity index (χ1n) is 5.01. The van der Waals surface area contributed by atoms with Crippen LogP contribution in [0.4, 0.5) is 5.82 Å². The lowest BCUT2D eigenvalue weighted by atomic mass is 10.2. The van der Waals surface area contributed by atoms with Crippen LogP contribution in [0, 0.1) is 4.77 Å². The smallest absolute Gasteiger partial charge is 0.268 e. The highest BCUT2D eigenvalue weighted by molar-refractivity contribution is 7.71. The van der Waals surface area contributed by atoms with E-state index in [1.807, 2.05) is 30.3 Å². The van der Waals surface area contributed by atoms with Crippen molar-refractivity contribution in [2.24, 2.45) is 5.73 Å². The minimum atomic E-state index is -0.611. The molecule has 0 atom stereocenters. The number of nitrogen functional groups attached to an aromatic ring is 1. The van der Waals surface area contributed by atoms with Crippen LogP contribution in [0.15, 0.2) is 30.3 Å². The molecule has 2 rings (SSSR count). The lowest BCUT2D eigenvalue weighted by molar-refractivity contribution is 0.0997. The van der Waals surface area contributed by atoms with Crippen molar-refractivity contribution >= 4 is 23.9 Å². The van der Waals surface area contributed by atoms with Gasteiger partial charge in [0, 0.05) is 0 Å². The molecule has 0 bridgehead atoms. The van der Waals surface area contributed by atoms with Crippen molar-refractivity contribution in [1.29, 1.82) is 0 Å². The zero-order valence-electron chi connectivity index (χ0n) is 9.01. The number of primary amides is 1. The van der Waals surface area contributed by atoms with Gasteiger partial charge in [-0.25, -0.2) is 0 Å². The molecule has 88 valence electrons. The normalized spacial score (nSPS) is 10.4. The molecule has 0 aliphatic carbocycles. The number of nitrogens with two attached hydrogens (primary N) is 2. The van der Waals surface area contributed by atoms with Crippen LogP contribution in [0.25, 0.3) is 0 Å². The molecule has 17 heavy (non-hydrogen) atoms. The fourth-order valence-electron chi connectivity index (χ4n) is 1.59. The maximum absolute atomic E-state index is 11.1. The van der Waals surface area contributed by atoms with Gasteiger partial charge in [-0.05, 0) is 17.8 Å². The highest BCUT2D eigenvalue weighted by Gasteiger charge is 2.13. The quantitative estimate of drug-likeness (QED) is 0.715. The molecule has 0 fully saturated rings. The summed E-state index contributed by atoms with van der Waals surface area (Å²) in [5, 5.41) is 0. The van der Waals surface area contributed by atoms with E-state index < -0.39 is 5.91 Å². The number of nitrogens with one attached hydrogen (secondary N) is 1. The SMILES string of the molecule is NC(=O)c1[nH]c(=S)n(Cc2ccccc2)c1N. The molecule has 0 aliphatic heterocycles. The van der Waals surface area contributed by atoms with Gasteiger partial charge in [-0.3, -0.25) is 9.36 Å². The molecule has 0 spiro atoms. The first-order chi connectivity index (χ1) is 8.09. The highest BCUT2D eigenvalue weighted by atomic mass is 32.1. The first-order valence-corrected chi connectivity index (χ1v) is 5.42. The molecule has 0 aliphatic rings. The molecule has 1 amide bonds.